The van der Waals surface area contributed by atoms with Crippen molar-refractivity contribution < 1.29 is 4.79 Å². The molecule has 3 nitrogen and oxygen atoms in total. The third-order valence-corrected chi connectivity index (χ3v) is 4.11. The molecular formula is C21H19ClN2O. The fraction of sp³-hybridized carbons (Fsp3) is 0.0952. The van der Waals surface area contributed by atoms with E-state index in [1.165, 1.54) is 0 Å². The molecule has 0 bridgehead atoms. The molecular weight excluding hydrogens is 332 g/mol. The average molecular weight is 351 g/mol. The van der Waals surface area contributed by atoms with Crippen molar-refractivity contribution in [3.05, 3.63) is 101 Å². The van der Waals surface area contributed by atoms with Crippen molar-refractivity contribution in [3.63, 3.8) is 0 Å². The fourth-order valence-electron chi connectivity index (χ4n) is 2.57. The van der Waals surface area contributed by atoms with Crippen LogP contribution in [0.3, 0.4) is 0 Å². The summed E-state index contributed by atoms with van der Waals surface area (Å²) in [7, 11) is 0. The molecule has 0 aliphatic heterocycles. The third kappa shape index (κ3) is 4.92. The van der Waals surface area contributed by atoms with Crippen LogP contribution in [-0.4, -0.2) is 5.91 Å². The maximum absolute atomic E-state index is 12.8. The molecule has 0 heterocycles. The van der Waals surface area contributed by atoms with Crippen LogP contribution >= 0.6 is 11.6 Å². The third-order valence-electron chi connectivity index (χ3n) is 3.86. The van der Waals surface area contributed by atoms with Crippen LogP contribution in [0, 0.1) is 0 Å². The SMILES string of the molecule is O=C(Nc1ccc(Cl)cc1)[C@H](NCc1ccccc1)c1ccccc1. The Kier molecular flexibility index (Phi) is 5.83. The lowest BCUT2D eigenvalue weighted by Gasteiger charge is -2.19. The molecule has 0 unspecified atom stereocenters. The summed E-state index contributed by atoms with van der Waals surface area (Å²) in [6.45, 7) is 0.606. The molecule has 2 N–H and O–H groups in total. The minimum atomic E-state index is -0.447. The summed E-state index contributed by atoms with van der Waals surface area (Å²) in [6, 6.07) is 26.4. The van der Waals surface area contributed by atoms with Gasteiger partial charge in [0.2, 0.25) is 5.91 Å². The monoisotopic (exact) mass is 350 g/mol. The maximum atomic E-state index is 12.8. The molecule has 0 saturated heterocycles. The summed E-state index contributed by atoms with van der Waals surface area (Å²) in [6.07, 6.45) is 0. The molecule has 126 valence electrons. The number of halogens is 1. The summed E-state index contributed by atoms with van der Waals surface area (Å²) in [5, 5.41) is 6.93. The molecule has 25 heavy (non-hydrogen) atoms. The smallest absolute Gasteiger partial charge is 0.246 e. The van der Waals surface area contributed by atoms with E-state index >= 15 is 0 Å². The molecule has 0 radical (unpaired) electrons. The van der Waals surface area contributed by atoms with Crippen molar-refractivity contribution in [2.24, 2.45) is 0 Å². The van der Waals surface area contributed by atoms with Crippen molar-refractivity contribution in [1.29, 1.82) is 0 Å². The Balaban J connectivity index is 1.75. The molecule has 0 spiro atoms. The number of carbonyl (C=O) groups excluding carboxylic acids is 1. The first-order valence-electron chi connectivity index (χ1n) is 8.11. The molecule has 1 atom stereocenters. The minimum Gasteiger partial charge on any atom is -0.324 e. The van der Waals surface area contributed by atoms with E-state index < -0.39 is 6.04 Å². The molecule has 3 rings (SSSR count). The van der Waals surface area contributed by atoms with Crippen molar-refractivity contribution in [2.45, 2.75) is 12.6 Å². The second-order valence-electron chi connectivity index (χ2n) is 5.71. The van der Waals surface area contributed by atoms with E-state index in [9.17, 15) is 4.79 Å². The summed E-state index contributed by atoms with van der Waals surface area (Å²) in [5.74, 6) is -0.107. The van der Waals surface area contributed by atoms with Crippen LogP contribution in [-0.2, 0) is 11.3 Å². The van der Waals surface area contributed by atoms with Crippen molar-refractivity contribution in [1.82, 2.24) is 5.32 Å². The molecule has 0 saturated carbocycles. The van der Waals surface area contributed by atoms with Gasteiger partial charge in [-0.1, -0.05) is 72.3 Å². The molecule has 3 aromatic carbocycles. The second-order valence-corrected chi connectivity index (χ2v) is 6.14. The van der Waals surface area contributed by atoms with E-state index in [0.29, 0.717) is 11.6 Å². The van der Waals surface area contributed by atoms with Crippen LogP contribution in [0.4, 0.5) is 5.69 Å². The largest absolute Gasteiger partial charge is 0.324 e. The average Bonchev–Trinajstić information content (AvgIpc) is 2.65. The zero-order valence-corrected chi connectivity index (χ0v) is 14.4. The summed E-state index contributed by atoms with van der Waals surface area (Å²) >= 11 is 5.90. The van der Waals surface area contributed by atoms with E-state index in [2.05, 4.69) is 10.6 Å². The lowest BCUT2D eigenvalue weighted by Crippen LogP contribution is -2.32. The molecule has 0 aliphatic rings. The highest BCUT2D eigenvalue weighted by atomic mass is 35.5. The Bertz CT molecular complexity index is 804. The van der Waals surface area contributed by atoms with Gasteiger partial charge < -0.3 is 5.32 Å². The Morgan fingerprint density at radius 3 is 2.08 bits per heavy atom. The first-order valence-corrected chi connectivity index (χ1v) is 8.49. The first-order chi connectivity index (χ1) is 12.2. The molecule has 0 aromatic heterocycles. The Morgan fingerprint density at radius 2 is 1.44 bits per heavy atom. The highest BCUT2D eigenvalue weighted by molar-refractivity contribution is 6.30. The van der Waals surface area contributed by atoms with Crippen LogP contribution in [0.15, 0.2) is 84.9 Å². The number of rotatable bonds is 6. The van der Waals surface area contributed by atoms with Crippen molar-refractivity contribution in [2.75, 3.05) is 5.32 Å². The second kappa shape index (κ2) is 8.47. The van der Waals surface area contributed by atoms with Crippen LogP contribution in [0.5, 0.6) is 0 Å². The van der Waals surface area contributed by atoms with Gasteiger partial charge >= 0.3 is 0 Å². The van der Waals surface area contributed by atoms with Crippen LogP contribution in [0.25, 0.3) is 0 Å². The molecule has 1 amide bonds. The Morgan fingerprint density at radius 1 is 0.840 bits per heavy atom. The van der Waals surface area contributed by atoms with Gasteiger partial charge in [-0.05, 0) is 35.4 Å². The van der Waals surface area contributed by atoms with E-state index in [4.69, 9.17) is 11.6 Å². The van der Waals surface area contributed by atoms with Gasteiger partial charge in [-0.2, -0.15) is 0 Å². The Hall–Kier alpha value is -2.62. The van der Waals surface area contributed by atoms with Gasteiger partial charge in [-0.15, -0.1) is 0 Å². The quantitative estimate of drug-likeness (QED) is 0.669. The van der Waals surface area contributed by atoms with Crippen molar-refractivity contribution in [3.8, 4) is 0 Å². The zero-order valence-electron chi connectivity index (χ0n) is 13.7. The molecule has 3 aromatic rings. The predicted octanol–water partition coefficient (Wildman–Crippen LogP) is 4.81. The van der Waals surface area contributed by atoms with Crippen molar-refractivity contribution >= 4 is 23.2 Å². The van der Waals surface area contributed by atoms with Crippen LogP contribution in [0.1, 0.15) is 17.2 Å². The van der Waals surface area contributed by atoms with Crippen LogP contribution < -0.4 is 10.6 Å². The Labute approximate surface area is 152 Å². The number of anilines is 1. The number of hydrogen-bond acceptors (Lipinski definition) is 2. The first kappa shape index (κ1) is 17.2. The van der Waals surface area contributed by atoms with Crippen LogP contribution in [0.2, 0.25) is 5.02 Å². The topological polar surface area (TPSA) is 41.1 Å². The van der Waals surface area contributed by atoms with Gasteiger partial charge in [0.25, 0.3) is 0 Å². The van der Waals surface area contributed by atoms with Gasteiger partial charge in [0, 0.05) is 17.3 Å². The van der Waals surface area contributed by atoms with Gasteiger partial charge in [0.15, 0.2) is 0 Å². The van der Waals surface area contributed by atoms with Gasteiger partial charge in [-0.3, -0.25) is 10.1 Å². The summed E-state index contributed by atoms with van der Waals surface area (Å²) in [5.41, 5.74) is 2.77. The van der Waals surface area contributed by atoms with E-state index in [1.807, 2.05) is 60.7 Å². The normalized spacial score (nSPS) is 11.7. The number of hydrogen-bond donors (Lipinski definition) is 2. The molecule has 0 fully saturated rings. The fourth-order valence-corrected chi connectivity index (χ4v) is 2.70. The predicted molar refractivity (Wildman–Crippen MR) is 103 cm³/mol. The van der Waals surface area contributed by atoms with E-state index in [0.717, 1.165) is 16.8 Å². The van der Waals surface area contributed by atoms with E-state index in [-0.39, 0.29) is 5.91 Å². The maximum Gasteiger partial charge on any atom is 0.246 e. The van der Waals surface area contributed by atoms with Gasteiger partial charge in [0.05, 0.1) is 0 Å². The minimum absolute atomic E-state index is 0.107. The summed E-state index contributed by atoms with van der Waals surface area (Å²) in [4.78, 5) is 12.8. The number of amides is 1. The van der Waals surface area contributed by atoms with Gasteiger partial charge in [-0.25, -0.2) is 0 Å². The highest BCUT2D eigenvalue weighted by Crippen LogP contribution is 2.18. The van der Waals surface area contributed by atoms with E-state index in [1.54, 1.807) is 24.3 Å². The molecule has 0 aliphatic carbocycles. The standard InChI is InChI=1S/C21H19ClN2O/c22-18-11-13-19(14-12-18)24-21(25)20(17-9-5-2-6-10-17)23-15-16-7-3-1-4-8-16/h1-14,20,23H,15H2,(H,24,25)/t20-/m1/s1. The number of benzene rings is 3. The lowest BCUT2D eigenvalue weighted by atomic mass is 10.1. The summed E-state index contributed by atoms with van der Waals surface area (Å²) < 4.78 is 0. The number of carbonyl (C=O) groups is 1. The zero-order chi connectivity index (χ0) is 17.5. The number of nitrogens with one attached hydrogen (secondary N) is 2. The van der Waals surface area contributed by atoms with Gasteiger partial charge in [0.1, 0.15) is 6.04 Å². The highest BCUT2D eigenvalue weighted by Gasteiger charge is 2.20. The molecule has 4 heteroatoms. The lowest BCUT2D eigenvalue weighted by molar-refractivity contribution is -0.118.